The molecule has 0 aromatic rings. The van der Waals surface area contributed by atoms with E-state index in [0.29, 0.717) is 12.6 Å². The summed E-state index contributed by atoms with van der Waals surface area (Å²) < 4.78 is 10.3. The second kappa shape index (κ2) is 6.06. The SMILES string of the molecule is CC(C)(C)OC(=O)NCCN[C@@H]1CCOC1. The summed E-state index contributed by atoms with van der Waals surface area (Å²) >= 11 is 0. The Hall–Kier alpha value is -0.810. The molecule has 0 aromatic heterocycles. The number of carbonyl (C=O) groups is 1. The first kappa shape index (κ1) is 13.3. The monoisotopic (exact) mass is 230 g/mol. The molecular weight excluding hydrogens is 208 g/mol. The second-order valence-electron chi connectivity index (χ2n) is 4.94. The standard InChI is InChI=1S/C11H22N2O3/c1-11(2,3)16-10(14)13-6-5-12-9-4-7-15-8-9/h9,12H,4-8H2,1-3H3,(H,13,14)/t9-/m1/s1. The molecule has 1 atom stereocenters. The Kier molecular flexibility index (Phi) is 5.02. The van der Waals surface area contributed by atoms with E-state index in [1.807, 2.05) is 20.8 Å². The summed E-state index contributed by atoms with van der Waals surface area (Å²) in [6.07, 6.45) is 0.684. The van der Waals surface area contributed by atoms with Gasteiger partial charge in [-0.2, -0.15) is 0 Å². The number of ether oxygens (including phenoxy) is 2. The van der Waals surface area contributed by atoms with Crippen LogP contribution in [0, 0.1) is 0 Å². The summed E-state index contributed by atoms with van der Waals surface area (Å²) in [7, 11) is 0. The quantitative estimate of drug-likeness (QED) is 0.704. The maximum absolute atomic E-state index is 11.3. The van der Waals surface area contributed by atoms with Gasteiger partial charge < -0.3 is 20.1 Å². The topological polar surface area (TPSA) is 59.6 Å². The van der Waals surface area contributed by atoms with Crippen molar-refractivity contribution in [1.82, 2.24) is 10.6 Å². The Labute approximate surface area is 96.9 Å². The summed E-state index contributed by atoms with van der Waals surface area (Å²) in [5, 5.41) is 6.00. The molecule has 0 aliphatic carbocycles. The van der Waals surface area contributed by atoms with Gasteiger partial charge in [0.05, 0.1) is 6.61 Å². The van der Waals surface area contributed by atoms with Crippen molar-refractivity contribution in [2.45, 2.75) is 38.8 Å². The van der Waals surface area contributed by atoms with Crippen molar-refractivity contribution in [2.75, 3.05) is 26.3 Å². The van der Waals surface area contributed by atoms with Crippen molar-refractivity contribution in [3.63, 3.8) is 0 Å². The molecule has 1 aliphatic rings. The van der Waals surface area contributed by atoms with Crippen LogP contribution in [0.3, 0.4) is 0 Å². The fraction of sp³-hybridized carbons (Fsp3) is 0.909. The van der Waals surface area contributed by atoms with Gasteiger partial charge in [0.25, 0.3) is 0 Å². The summed E-state index contributed by atoms with van der Waals surface area (Å²) in [5.74, 6) is 0. The molecule has 0 radical (unpaired) electrons. The minimum absolute atomic E-state index is 0.364. The van der Waals surface area contributed by atoms with Gasteiger partial charge in [-0.05, 0) is 27.2 Å². The van der Waals surface area contributed by atoms with E-state index in [0.717, 1.165) is 26.2 Å². The van der Waals surface area contributed by atoms with E-state index < -0.39 is 5.60 Å². The molecule has 94 valence electrons. The average Bonchev–Trinajstić information content (AvgIpc) is 2.62. The lowest BCUT2D eigenvalue weighted by Gasteiger charge is -2.20. The summed E-state index contributed by atoms with van der Waals surface area (Å²) in [6, 6.07) is 0.431. The Balaban J connectivity index is 2.00. The molecule has 1 heterocycles. The van der Waals surface area contributed by atoms with E-state index in [1.54, 1.807) is 0 Å². The molecule has 2 N–H and O–H groups in total. The minimum atomic E-state index is -0.434. The van der Waals surface area contributed by atoms with Crippen molar-refractivity contribution in [3.8, 4) is 0 Å². The maximum atomic E-state index is 11.3. The van der Waals surface area contributed by atoms with E-state index in [-0.39, 0.29) is 6.09 Å². The molecule has 0 aromatic carbocycles. The lowest BCUT2D eigenvalue weighted by Crippen LogP contribution is -2.39. The smallest absolute Gasteiger partial charge is 0.407 e. The van der Waals surface area contributed by atoms with E-state index in [1.165, 1.54) is 0 Å². The van der Waals surface area contributed by atoms with Crippen molar-refractivity contribution in [3.05, 3.63) is 0 Å². The molecule has 1 rings (SSSR count). The van der Waals surface area contributed by atoms with Crippen molar-refractivity contribution < 1.29 is 14.3 Å². The number of carbonyl (C=O) groups excluding carboxylic acids is 1. The van der Waals surface area contributed by atoms with Gasteiger partial charge in [0.2, 0.25) is 0 Å². The average molecular weight is 230 g/mol. The van der Waals surface area contributed by atoms with Crippen LogP contribution in [0.5, 0.6) is 0 Å². The summed E-state index contributed by atoms with van der Waals surface area (Å²) in [5.41, 5.74) is -0.434. The van der Waals surface area contributed by atoms with E-state index in [4.69, 9.17) is 9.47 Å². The van der Waals surface area contributed by atoms with Gasteiger partial charge in [0, 0.05) is 25.7 Å². The van der Waals surface area contributed by atoms with E-state index >= 15 is 0 Å². The van der Waals surface area contributed by atoms with Crippen LogP contribution >= 0.6 is 0 Å². The number of alkyl carbamates (subject to hydrolysis) is 1. The first-order valence-electron chi connectivity index (χ1n) is 5.75. The summed E-state index contributed by atoms with van der Waals surface area (Å²) in [6.45, 7) is 8.46. The third-order valence-corrected chi connectivity index (χ3v) is 2.16. The van der Waals surface area contributed by atoms with Gasteiger partial charge in [-0.25, -0.2) is 4.79 Å². The highest BCUT2D eigenvalue weighted by atomic mass is 16.6. The fourth-order valence-electron chi connectivity index (χ4n) is 1.45. The molecule has 1 fully saturated rings. The minimum Gasteiger partial charge on any atom is -0.444 e. The number of nitrogens with one attached hydrogen (secondary N) is 2. The molecule has 5 nitrogen and oxygen atoms in total. The highest BCUT2D eigenvalue weighted by molar-refractivity contribution is 5.67. The van der Waals surface area contributed by atoms with Gasteiger partial charge in [-0.1, -0.05) is 0 Å². The molecule has 0 spiro atoms. The number of amides is 1. The van der Waals surface area contributed by atoms with Crippen molar-refractivity contribution in [2.24, 2.45) is 0 Å². The first-order valence-corrected chi connectivity index (χ1v) is 5.75. The van der Waals surface area contributed by atoms with Crippen LogP contribution in [0.4, 0.5) is 4.79 Å². The Bertz CT molecular complexity index is 220. The third kappa shape index (κ3) is 5.92. The van der Waals surface area contributed by atoms with E-state index in [2.05, 4.69) is 10.6 Å². The zero-order valence-corrected chi connectivity index (χ0v) is 10.3. The third-order valence-electron chi connectivity index (χ3n) is 2.16. The van der Waals surface area contributed by atoms with Crippen LogP contribution < -0.4 is 10.6 Å². The van der Waals surface area contributed by atoms with Crippen LogP contribution in [-0.4, -0.2) is 44.0 Å². The highest BCUT2D eigenvalue weighted by Gasteiger charge is 2.16. The van der Waals surface area contributed by atoms with Crippen LogP contribution in [0.2, 0.25) is 0 Å². The van der Waals surface area contributed by atoms with Crippen LogP contribution in [0.25, 0.3) is 0 Å². The Morgan fingerprint density at radius 1 is 1.44 bits per heavy atom. The number of rotatable bonds is 4. The highest BCUT2D eigenvalue weighted by Crippen LogP contribution is 2.06. The van der Waals surface area contributed by atoms with Gasteiger partial charge >= 0.3 is 6.09 Å². The first-order chi connectivity index (χ1) is 7.47. The zero-order valence-electron chi connectivity index (χ0n) is 10.3. The molecule has 1 saturated heterocycles. The Morgan fingerprint density at radius 3 is 2.75 bits per heavy atom. The molecule has 16 heavy (non-hydrogen) atoms. The Morgan fingerprint density at radius 2 is 2.19 bits per heavy atom. The second-order valence-corrected chi connectivity index (χ2v) is 4.94. The van der Waals surface area contributed by atoms with Gasteiger partial charge in [-0.3, -0.25) is 0 Å². The fourth-order valence-corrected chi connectivity index (χ4v) is 1.45. The predicted molar refractivity (Wildman–Crippen MR) is 61.5 cm³/mol. The molecule has 0 bridgehead atoms. The lowest BCUT2D eigenvalue weighted by molar-refractivity contribution is 0.0528. The molecule has 5 heteroatoms. The van der Waals surface area contributed by atoms with E-state index in [9.17, 15) is 4.79 Å². The summed E-state index contributed by atoms with van der Waals surface area (Å²) in [4.78, 5) is 11.3. The van der Waals surface area contributed by atoms with Crippen LogP contribution in [0.1, 0.15) is 27.2 Å². The molecule has 0 unspecified atom stereocenters. The van der Waals surface area contributed by atoms with Crippen molar-refractivity contribution >= 4 is 6.09 Å². The zero-order chi connectivity index (χ0) is 12.0. The molecule has 1 amide bonds. The van der Waals surface area contributed by atoms with Crippen LogP contribution in [-0.2, 0) is 9.47 Å². The number of hydrogen-bond donors (Lipinski definition) is 2. The maximum Gasteiger partial charge on any atom is 0.407 e. The van der Waals surface area contributed by atoms with Gasteiger partial charge in [0.1, 0.15) is 5.60 Å². The lowest BCUT2D eigenvalue weighted by atomic mass is 10.2. The van der Waals surface area contributed by atoms with Gasteiger partial charge in [0.15, 0.2) is 0 Å². The van der Waals surface area contributed by atoms with Crippen LogP contribution in [0.15, 0.2) is 0 Å². The number of hydrogen-bond acceptors (Lipinski definition) is 4. The largest absolute Gasteiger partial charge is 0.444 e. The normalized spacial score (nSPS) is 20.8. The van der Waals surface area contributed by atoms with Gasteiger partial charge in [-0.15, -0.1) is 0 Å². The molecule has 1 aliphatic heterocycles. The molecular formula is C11H22N2O3. The van der Waals surface area contributed by atoms with Crippen molar-refractivity contribution in [1.29, 1.82) is 0 Å². The molecule has 0 saturated carbocycles. The predicted octanol–water partition coefficient (Wildman–Crippen LogP) is 0.890.